The Hall–Kier alpha value is -1.48. The number of halogens is 1. The molecule has 1 heterocycles. The van der Waals surface area contributed by atoms with Crippen LogP contribution < -0.4 is 4.74 Å². The van der Waals surface area contributed by atoms with E-state index >= 15 is 0 Å². The van der Waals surface area contributed by atoms with Gasteiger partial charge in [0.1, 0.15) is 11.4 Å². The van der Waals surface area contributed by atoms with E-state index in [2.05, 4.69) is 5.10 Å². The largest absolute Gasteiger partial charge is 0.494 e. The van der Waals surface area contributed by atoms with Gasteiger partial charge in [-0.05, 0) is 38.5 Å². The Morgan fingerprint density at radius 1 is 1.18 bits per heavy atom. The molecule has 0 spiro atoms. The first-order valence-electron chi connectivity index (χ1n) is 5.40. The number of methoxy groups -OCH3 is 1. The van der Waals surface area contributed by atoms with Crippen molar-refractivity contribution < 1.29 is 4.74 Å². The summed E-state index contributed by atoms with van der Waals surface area (Å²) >= 11 is 6.09. The molecule has 3 nitrogen and oxygen atoms in total. The number of aromatic nitrogens is 2. The normalized spacial score (nSPS) is 10.6. The number of nitrogens with zero attached hydrogens (tertiary/aromatic N) is 2. The van der Waals surface area contributed by atoms with Crippen LogP contribution in [0.4, 0.5) is 0 Å². The van der Waals surface area contributed by atoms with Crippen molar-refractivity contribution >= 4 is 11.6 Å². The van der Waals surface area contributed by atoms with E-state index in [4.69, 9.17) is 16.3 Å². The molecule has 0 saturated heterocycles. The van der Waals surface area contributed by atoms with Crippen molar-refractivity contribution in [2.75, 3.05) is 7.11 Å². The van der Waals surface area contributed by atoms with E-state index in [1.165, 1.54) is 0 Å². The summed E-state index contributed by atoms with van der Waals surface area (Å²) in [5.74, 6) is 0.729. The topological polar surface area (TPSA) is 27.1 Å². The van der Waals surface area contributed by atoms with Crippen LogP contribution in [-0.2, 0) is 0 Å². The highest BCUT2D eigenvalue weighted by Gasteiger charge is 2.11. The summed E-state index contributed by atoms with van der Waals surface area (Å²) in [4.78, 5) is 0. The highest BCUT2D eigenvalue weighted by Crippen LogP contribution is 2.30. The number of ether oxygens (including phenoxy) is 1. The maximum Gasteiger partial charge on any atom is 0.146 e. The second kappa shape index (κ2) is 4.41. The first-order valence-corrected chi connectivity index (χ1v) is 5.78. The Bertz CT molecular complexity index is 561. The van der Waals surface area contributed by atoms with Crippen LogP contribution in [0.5, 0.6) is 5.75 Å². The number of hydrogen-bond acceptors (Lipinski definition) is 2. The van der Waals surface area contributed by atoms with Crippen LogP contribution in [0.1, 0.15) is 17.0 Å². The number of benzene rings is 1. The molecule has 0 N–H and O–H groups in total. The van der Waals surface area contributed by atoms with Gasteiger partial charge < -0.3 is 4.74 Å². The van der Waals surface area contributed by atoms with E-state index in [1.807, 2.05) is 43.7 Å². The van der Waals surface area contributed by atoms with Gasteiger partial charge in [0.25, 0.3) is 0 Å². The maximum absolute atomic E-state index is 6.09. The minimum atomic E-state index is 0.701. The Morgan fingerprint density at radius 2 is 1.88 bits per heavy atom. The predicted molar refractivity (Wildman–Crippen MR) is 69.3 cm³/mol. The van der Waals surface area contributed by atoms with Crippen molar-refractivity contribution in [3.63, 3.8) is 0 Å². The van der Waals surface area contributed by atoms with Gasteiger partial charge in [0.2, 0.25) is 0 Å². The summed E-state index contributed by atoms with van der Waals surface area (Å²) < 4.78 is 7.23. The first-order chi connectivity index (χ1) is 8.02. The molecular formula is C13H15ClN2O. The van der Waals surface area contributed by atoms with Gasteiger partial charge in [-0.25, -0.2) is 4.68 Å². The molecule has 0 radical (unpaired) electrons. The zero-order chi connectivity index (χ0) is 12.6. The summed E-state index contributed by atoms with van der Waals surface area (Å²) in [6.45, 7) is 5.96. The molecule has 17 heavy (non-hydrogen) atoms. The van der Waals surface area contributed by atoms with Gasteiger partial charge in [0.15, 0.2) is 0 Å². The Balaban J connectivity index is 2.66. The average Bonchev–Trinajstić information content (AvgIpc) is 2.61. The summed E-state index contributed by atoms with van der Waals surface area (Å²) in [6.07, 6.45) is 0. The third-order valence-corrected chi connectivity index (χ3v) is 3.11. The summed E-state index contributed by atoms with van der Waals surface area (Å²) in [5.41, 5.74) is 3.98. The first kappa shape index (κ1) is 12.0. The fraction of sp³-hybridized carbons (Fsp3) is 0.308. The zero-order valence-electron chi connectivity index (χ0n) is 10.4. The molecular weight excluding hydrogens is 236 g/mol. The van der Waals surface area contributed by atoms with Crippen molar-refractivity contribution in [2.45, 2.75) is 20.8 Å². The average molecular weight is 251 g/mol. The van der Waals surface area contributed by atoms with E-state index in [-0.39, 0.29) is 0 Å². The molecule has 0 bridgehead atoms. The number of aryl methyl sites for hydroxylation is 3. The van der Waals surface area contributed by atoms with Crippen LogP contribution in [0, 0.1) is 20.8 Å². The molecule has 2 rings (SSSR count). The summed E-state index contributed by atoms with van der Waals surface area (Å²) in [7, 11) is 1.64. The van der Waals surface area contributed by atoms with Crippen molar-refractivity contribution in [1.29, 1.82) is 0 Å². The SMILES string of the molecule is COc1cc(Cl)c(C)cc1-n1nc(C)cc1C. The highest BCUT2D eigenvalue weighted by molar-refractivity contribution is 6.31. The molecule has 1 aromatic heterocycles. The van der Waals surface area contributed by atoms with Crippen LogP contribution in [0.3, 0.4) is 0 Å². The third-order valence-electron chi connectivity index (χ3n) is 2.70. The minimum absolute atomic E-state index is 0.701. The fourth-order valence-corrected chi connectivity index (χ4v) is 2.00. The van der Waals surface area contributed by atoms with Gasteiger partial charge in [-0.2, -0.15) is 5.10 Å². The van der Waals surface area contributed by atoms with Gasteiger partial charge in [0.05, 0.1) is 12.8 Å². The molecule has 0 amide bonds. The molecule has 0 fully saturated rings. The van der Waals surface area contributed by atoms with Gasteiger partial charge in [-0.3, -0.25) is 0 Å². The number of hydrogen-bond donors (Lipinski definition) is 0. The molecule has 1 aromatic carbocycles. The molecule has 0 atom stereocenters. The standard InChI is InChI=1S/C13H15ClN2O/c1-8-5-12(13(17-4)7-11(8)14)16-10(3)6-9(2)15-16/h5-7H,1-4H3. The van der Waals surface area contributed by atoms with Crippen molar-refractivity contribution in [3.8, 4) is 11.4 Å². The smallest absolute Gasteiger partial charge is 0.146 e. The van der Waals surface area contributed by atoms with Crippen LogP contribution in [-0.4, -0.2) is 16.9 Å². The van der Waals surface area contributed by atoms with E-state index in [0.29, 0.717) is 5.02 Å². The summed E-state index contributed by atoms with van der Waals surface area (Å²) in [6, 6.07) is 5.84. The predicted octanol–water partition coefficient (Wildman–Crippen LogP) is 3.46. The zero-order valence-corrected chi connectivity index (χ0v) is 11.2. The van der Waals surface area contributed by atoms with Crippen molar-refractivity contribution in [1.82, 2.24) is 9.78 Å². The van der Waals surface area contributed by atoms with E-state index < -0.39 is 0 Å². The van der Waals surface area contributed by atoms with Gasteiger partial charge in [-0.1, -0.05) is 11.6 Å². The molecule has 0 aliphatic heterocycles. The Morgan fingerprint density at radius 3 is 2.41 bits per heavy atom. The Kier molecular flexibility index (Phi) is 3.11. The second-order valence-corrected chi connectivity index (χ2v) is 4.52. The lowest BCUT2D eigenvalue weighted by atomic mass is 10.2. The summed E-state index contributed by atoms with van der Waals surface area (Å²) in [5, 5.41) is 5.15. The van der Waals surface area contributed by atoms with E-state index in [0.717, 1.165) is 28.4 Å². The van der Waals surface area contributed by atoms with E-state index in [9.17, 15) is 0 Å². The molecule has 2 aromatic rings. The molecule has 4 heteroatoms. The van der Waals surface area contributed by atoms with Crippen LogP contribution in [0.15, 0.2) is 18.2 Å². The lowest BCUT2D eigenvalue weighted by Gasteiger charge is -2.12. The molecule has 0 unspecified atom stereocenters. The molecule has 90 valence electrons. The van der Waals surface area contributed by atoms with Crippen molar-refractivity contribution in [3.05, 3.63) is 40.2 Å². The number of rotatable bonds is 2. The lowest BCUT2D eigenvalue weighted by molar-refractivity contribution is 0.411. The van der Waals surface area contributed by atoms with Gasteiger partial charge >= 0.3 is 0 Å². The maximum atomic E-state index is 6.09. The molecule has 0 saturated carbocycles. The van der Waals surface area contributed by atoms with Crippen LogP contribution in [0.25, 0.3) is 5.69 Å². The Labute approximate surface area is 106 Å². The monoisotopic (exact) mass is 250 g/mol. The van der Waals surface area contributed by atoms with Crippen LogP contribution >= 0.6 is 11.6 Å². The van der Waals surface area contributed by atoms with Crippen molar-refractivity contribution in [2.24, 2.45) is 0 Å². The van der Waals surface area contributed by atoms with E-state index in [1.54, 1.807) is 7.11 Å². The quantitative estimate of drug-likeness (QED) is 0.816. The van der Waals surface area contributed by atoms with Gasteiger partial charge in [0, 0.05) is 16.8 Å². The minimum Gasteiger partial charge on any atom is -0.494 e. The van der Waals surface area contributed by atoms with Gasteiger partial charge in [-0.15, -0.1) is 0 Å². The third kappa shape index (κ3) is 2.15. The molecule has 0 aliphatic carbocycles. The highest BCUT2D eigenvalue weighted by atomic mass is 35.5. The molecule has 0 aliphatic rings. The lowest BCUT2D eigenvalue weighted by Crippen LogP contribution is -2.02. The second-order valence-electron chi connectivity index (χ2n) is 4.11. The fourth-order valence-electron chi connectivity index (χ4n) is 1.85. The van der Waals surface area contributed by atoms with Crippen LogP contribution in [0.2, 0.25) is 5.02 Å².